The predicted molar refractivity (Wildman–Crippen MR) is 116 cm³/mol. The molecule has 1 aliphatic carbocycles. The smallest absolute Gasteiger partial charge is 0.231 e. The number of nitrogens with one attached hydrogen (secondary N) is 3. The number of rotatable bonds is 5. The summed E-state index contributed by atoms with van der Waals surface area (Å²) >= 11 is 0. The number of aromatic amines is 1. The minimum Gasteiger partial charge on any atom is -0.363 e. The van der Waals surface area contributed by atoms with Crippen LogP contribution in [0.4, 0.5) is 17.5 Å². The molecule has 0 amide bonds. The fraction of sp³-hybridized carbons (Fsp3) is 0.318. The highest BCUT2D eigenvalue weighted by Gasteiger charge is 2.23. The van der Waals surface area contributed by atoms with E-state index < -0.39 is 0 Å². The Hall–Kier alpha value is -3.35. The van der Waals surface area contributed by atoms with Crippen LogP contribution in [0.1, 0.15) is 49.2 Å². The minimum absolute atomic E-state index is 0.262. The van der Waals surface area contributed by atoms with Crippen molar-refractivity contribution in [3.05, 3.63) is 59.5 Å². The highest BCUT2D eigenvalue weighted by atomic mass is 15.3. The Labute approximate surface area is 169 Å². The van der Waals surface area contributed by atoms with E-state index in [0.29, 0.717) is 12.0 Å². The Morgan fingerprint density at radius 1 is 1.17 bits per heavy atom. The van der Waals surface area contributed by atoms with Crippen LogP contribution in [-0.4, -0.2) is 24.7 Å². The zero-order valence-electron chi connectivity index (χ0n) is 16.9. The van der Waals surface area contributed by atoms with Gasteiger partial charge in [-0.1, -0.05) is 24.3 Å². The molecule has 7 nitrogen and oxygen atoms in total. The summed E-state index contributed by atoms with van der Waals surface area (Å²) in [5.41, 5.74) is 5.57. The van der Waals surface area contributed by atoms with Crippen molar-refractivity contribution >= 4 is 28.5 Å². The van der Waals surface area contributed by atoms with Crippen molar-refractivity contribution in [1.82, 2.24) is 24.7 Å². The average Bonchev–Trinajstić information content (AvgIpc) is 3.42. The SMILES string of the molecule is Cc1c(Nc2nc(N[C@@H]3CCc4ccccc43)c3cc[nH]c3n2)cnn1C(C)C. The number of hydrogen-bond acceptors (Lipinski definition) is 5. The highest BCUT2D eigenvalue weighted by Crippen LogP contribution is 2.35. The summed E-state index contributed by atoms with van der Waals surface area (Å²) in [5.74, 6) is 1.40. The van der Waals surface area contributed by atoms with Crippen molar-refractivity contribution in [1.29, 1.82) is 0 Å². The Balaban J connectivity index is 1.48. The average molecular weight is 387 g/mol. The van der Waals surface area contributed by atoms with Gasteiger partial charge in [-0.3, -0.25) is 4.68 Å². The zero-order valence-corrected chi connectivity index (χ0v) is 16.9. The molecule has 3 aromatic heterocycles. The number of nitrogens with zero attached hydrogens (tertiary/aromatic N) is 4. The molecule has 1 aliphatic rings. The van der Waals surface area contributed by atoms with Gasteiger partial charge in [-0.05, 0) is 50.8 Å². The molecule has 0 aliphatic heterocycles. The lowest BCUT2D eigenvalue weighted by Crippen LogP contribution is -2.10. The molecular weight excluding hydrogens is 362 g/mol. The maximum Gasteiger partial charge on any atom is 0.231 e. The predicted octanol–water partition coefficient (Wildman–Crippen LogP) is 4.89. The van der Waals surface area contributed by atoms with Crippen molar-refractivity contribution in [3.63, 3.8) is 0 Å². The molecule has 1 aromatic carbocycles. The fourth-order valence-electron chi connectivity index (χ4n) is 4.17. The molecule has 0 spiro atoms. The van der Waals surface area contributed by atoms with E-state index in [0.717, 1.165) is 41.1 Å². The van der Waals surface area contributed by atoms with E-state index in [2.05, 4.69) is 70.7 Å². The van der Waals surface area contributed by atoms with Crippen LogP contribution in [0.3, 0.4) is 0 Å². The number of fused-ring (bicyclic) bond motifs is 2. The van der Waals surface area contributed by atoms with Gasteiger partial charge in [-0.15, -0.1) is 0 Å². The van der Waals surface area contributed by atoms with E-state index in [1.54, 1.807) is 0 Å². The van der Waals surface area contributed by atoms with Crippen LogP contribution < -0.4 is 10.6 Å². The summed E-state index contributed by atoms with van der Waals surface area (Å²) in [7, 11) is 0. The third-order valence-corrected chi connectivity index (χ3v) is 5.64. The van der Waals surface area contributed by atoms with Crippen LogP contribution in [0.2, 0.25) is 0 Å². The molecule has 0 bridgehead atoms. The third-order valence-electron chi connectivity index (χ3n) is 5.64. The minimum atomic E-state index is 0.262. The Kier molecular flexibility index (Phi) is 4.23. The number of aromatic nitrogens is 5. The number of anilines is 3. The molecule has 0 unspecified atom stereocenters. The summed E-state index contributed by atoms with van der Waals surface area (Å²) in [6, 6.07) is 11.2. The molecule has 0 saturated heterocycles. The lowest BCUT2D eigenvalue weighted by Gasteiger charge is -2.16. The van der Waals surface area contributed by atoms with Crippen LogP contribution >= 0.6 is 0 Å². The largest absolute Gasteiger partial charge is 0.363 e. The molecule has 29 heavy (non-hydrogen) atoms. The molecule has 5 rings (SSSR count). The maximum atomic E-state index is 4.81. The monoisotopic (exact) mass is 387 g/mol. The summed E-state index contributed by atoms with van der Waals surface area (Å²) in [4.78, 5) is 12.7. The van der Waals surface area contributed by atoms with Crippen molar-refractivity contribution in [2.24, 2.45) is 0 Å². The first-order valence-corrected chi connectivity index (χ1v) is 10.1. The second-order valence-electron chi connectivity index (χ2n) is 7.88. The lowest BCUT2D eigenvalue weighted by atomic mass is 10.1. The Morgan fingerprint density at radius 3 is 2.86 bits per heavy atom. The summed E-state index contributed by atoms with van der Waals surface area (Å²) in [6.07, 6.45) is 5.89. The summed E-state index contributed by atoms with van der Waals surface area (Å²) in [6.45, 7) is 6.29. The van der Waals surface area contributed by atoms with Crippen LogP contribution in [0.15, 0.2) is 42.7 Å². The molecule has 4 aromatic rings. The second kappa shape index (κ2) is 6.92. The first-order valence-electron chi connectivity index (χ1n) is 10.1. The van der Waals surface area contributed by atoms with Crippen molar-refractivity contribution in [3.8, 4) is 0 Å². The standard InChI is InChI=1S/C22H25N7/c1-13(2)29-14(3)19(12-24-29)26-22-27-20-17(10-11-23-20)21(28-22)25-18-9-8-15-6-4-5-7-16(15)18/h4-7,10-13,18H,8-9H2,1-3H3,(H3,23,25,26,27,28)/t18-/m1/s1. The quantitative estimate of drug-likeness (QED) is 0.454. The first-order chi connectivity index (χ1) is 14.1. The van der Waals surface area contributed by atoms with Gasteiger partial charge in [0.1, 0.15) is 11.5 Å². The van der Waals surface area contributed by atoms with Crippen molar-refractivity contribution < 1.29 is 0 Å². The summed E-state index contributed by atoms with van der Waals surface area (Å²) in [5, 5.41) is 12.5. The van der Waals surface area contributed by atoms with Gasteiger partial charge in [0.2, 0.25) is 5.95 Å². The van der Waals surface area contributed by atoms with E-state index in [4.69, 9.17) is 4.98 Å². The molecule has 1 atom stereocenters. The van der Waals surface area contributed by atoms with Crippen molar-refractivity contribution in [2.45, 2.75) is 45.7 Å². The van der Waals surface area contributed by atoms with E-state index in [9.17, 15) is 0 Å². The fourth-order valence-corrected chi connectivity index (χ4v) is 4.17. The van der Waals surface area contributed by atoms with Crippen LogP contribution in [0, 0.1) is 6.92 Å². The van der Waals surface area contributed by atoms with Gasteiger partial charge < -0.3 is 15.6 Å². The van der Waals surface area contributed by atoms with E-state index in [-0.39, 0.29) is 6.04 Å². The number of H-pyrrole nitrogens is 1. The molecule has 0 saturated carbocycles. The van der Waals surface area contributed by atoms with Crippen LogP contribution in [0.5, 0.6) is 0 Å². The second-order valence-corrected chi connectivity index (χ2v) is 7.88. The van der Waals surface area contributed by atoms with Crippen LogP contribution in [-0.2, 0) is 6.42 Å². The Bertz CT molecular complexity index is 1170. The maximum absolute atomic E-state index is 4.81. The van der Waals surface area contributed by atoms with Gasteiger partial charge in [-0.25, -0.2) is 0 Å². The molecule has 0 fully saturated rings. The summed E-state index contributed by atoms with van der Waals surface area (Å²) < 4.78 is 1.99. The van der Waals surface area contributed by atoms with Gasteiger partial charge >= 0.3 is 0 Å². The highest BCUT2D eigenvalue weighted by molar-refractivity contribution is 5.88. The third kappa shape index (κ3) is 3.12. The molecule has 148 valence electrons. The zero-order chi connectivity index (χ0) is 20.0. The van der Waals surface area contributed by atoms with E-state index >= 15 is 0 Å². The van der Waals surface area contributed by atoms with Gasteiger partial charge in [0, 0.05) is 12.2 Å². The molecule has 3 heterocycles. The number of benzene rings is 1. The Morgan fingerprint density at radius 2 is 2.03 bits per heavy atom. The van der Waals surface area contributed by atoms with Gasteiger partial charge in [0.05, 0.1) is 29.0 Å². The molecule has 7 heteroatoms. The molecular formula is C22H25N7. The number of hydrogen-bond donors (Lipinski definition) is 3. The first kappa shape index (κ1) is 17.7. The van der Waals surface area contributed by atoms with Gasteiger partial charge in [-0.2, -0.15) is 15.1 Å². The van der Waals surface area contributed by atoms with Crippen molar-refractivity contribution in [2.75, 3.05) is 10.6 Å². The normalized spacial score (nSPS) is 15.8. The van der Waals surface area contributed by atoms with E-state index in [1.165, 1.54) is 11.1 Å². The van der Waals surface area contributed by atoms with Crippen LogP contribution in [0.25, 0.3) is 11.0 Å². The van der Waals surface area contributed by atoms with Gasteiger partial charge in [0.15, 0.2) is 0 Å². The number of aryl methyl sites for hydroxylation is 1. The molecule has 3 N–H and O–H groups in total. The lowest BCUT2D eigenvalue weighted by molar-refractivity contribution is 0.519. The topological polar surface area (TPSA) is 83.4 Å². The van der Waals surface area contributed by atoms with E-state index in [1.807, 2.05) is 23.1 Å². The van der Waals surface area contributed by atoms with Gasteiger partial charge in [0.25, 0.3) is 0 Å². The molecule has 0 radical (unpaired) electrons.